The molecule has 0 rings (SSSR count). The number of carboxylic acid groups (broad SMARTS) is 1. The molecule has 0 aliphatic heterocycles. The Balaban J connectivity index is 3.77. The number of carboxylic acids is 1. The van der Waals surface area contributed by atoms with Crippen LogP contribution in [0, 0.1) is 0 Å². The number of aliphatic carboxylic acids is 1. The number of ether oxygens (including phenoxy) is 1. The van der Waals surface area contributed by atoms with Gasteiger partial charge in [0.15, 0.2) is 0 Å². The van der Waals surface area contributed by atoms with Gasteiger partial charge >= 0.3 is 11.9 Å². The van der Waals surface area contributed by atoms with Crippen LogP contribution in [0.5, 0.6) is 0 Å². The minimum absolute atomic E-state index is 0.0673. The Morgan fingerprint density at radius 2 is 0.977 bits per heavy atom. The molecule has 4 heteroatoms. The summed E-state index contributed by atoms with van der Waals surface area (Å²) in [6.45, 7) is 4.43. The van der Waals surface area contributed by atoms with Crippen molar-refractivity contribution >= 4 is 11.9 Å². The van der Waals surface area contributed by atoms with Crippen LogP contribution in [0.4, 0.5) is 0 Å². The zero-order chi connectivity index (χ0) is 32.2. The molecule has 0 bridgehead atoms. The smallest absolute Gasteiger partial charge is 0.306 e. The van der Waals surface area contributed by atoms with Crippen molar-refractivity contribution in [3.05, 3.63) is 36.5 Å². The van der Waals surface area contributed by atoms with E-state index in [0.29, 0.717) is 12.8 Å². The molecule has 0 aromatic heterocycles. The Morgan fingerprint density at radius 3 is 1.50 bits per heavy atom. The molecule has 0 spiro atoms. The molecule has 44 heavy (non-hydrogen) atoms. The summed E-state index contributed by atoms with van der Waals surface area (Å²) in [4.78, 5) is 23.5. The normalized spacial score (nSPS) is 12.6. The van der Waals surface area contributed by atoms with Crippen molar-refractivity contribution in [3.63, 3.8) is 0 Å². The molecular formula is C40H72O4. The Morgan fingerprint density at radius 1 is 0.523 bits per heavy atom. The highest BCUT2D eigenvalue weighted by Gasteiger charge is 2.15. The molecule has 0 saturated carbocycles. The van der Waals surface area contributed by atoms with Gasteiger partial charge in [0.1, 0.15) is 6.10 Å². The van der Waals surface area contributed by atoms with Gasteiger partial charge in [-0.25, -0.2) is 0 Å². The van der Waals surface area contributed by atoms with Crippen molar-refractivity contribution in [1.29, 1.82) is 0 Å². The van der Waals surface area contributed by atoms with Crippen molar-refractivity contribution in [3.8, 4) is 0 Å². The van der Waals surface area contributed by atoms with E-state index in [0.717, 1.165) is 64.2 Å². The maximum absolute atomic E-state index is 12.4. The third-order valence-electron chi connectivity index (χ3n) is 8.39. The lowest BCUT2D eigenvalue weighted by Crippen LogP contribution is -2.19. The van der Waals surface area contributed by atoms with Crippen molar-refractivity contribution in [2.75, 3.05) is 0 Å². The average Bonchev–Trinajstić information content (AvgIpc) is 3.01. The largest absolute Gasteiger partial charge is 0.481 e. The fourth-order valence-corrected chi connectivity index (χ4v) is 5.60. The molecule has 0 aliphatic carbocycles. The van der Waals surface area contributed by atoms with Gasteiger partial charge in [0.05, 0.1) is 0 Å². The van der Waals surface area contributed by atoms with E-state index in [1.54, 1.807) is 0 Å². The van der Waals surface area contributed by atoms with Crippen molar-refractivity contribution in [2.24, 2.45) is 0 Å². The molecule has 1 atom stereocenters. The second-order valence-corrected chi connectivity index (χ2v) is 12.7. The molecule has 256 valence electrons. The van der Waals surface area contributed by atoms with E-state index >= 15 is 0 Å². The van der Waals surface area contributed by atoms with Gasteiger partial charge < -0.3 is 9.84 Å². The van der Waals surface area contributed by atoms with Crippen LogP contribution in [0.3, 0.4) is 0 Å². The van der Waals surface area contributed by atoms with Crippen LogP contribution in [0.25, 0.3) is 0 Å². The number of hydrogen-bond acceptors (Lipinski definition) is 3. The van der Waals surface area contributed by atoms with E-state index in [1.165, 1.54) is 103 Å². The molecule has 0 aromatic rings. The molecule has 0 saturated heterocycles. The van der Waals surface area contributed by atoms with Crippen LogP contribution in [0.1, 0.15) is 200 Å². The first-order chi connectivity index (χ1) is 21.6. The second kappa shape index (κ2) is 35.6. The van der Waals surface area contributed by atoms with E-state index in [1.807, 2.05) is 0 Å². The molecule has 4 nitrogen and oxygen atoms in total. The van der Waals surface area contributed by atoms with Crippen LogP contribution >= 0.6 is 0 Å². The molecular weight excluding hydrogens is 544 g/mol. The first kappa shape index (κ1) is 42.2. The van der Waals surface area contributed by atoms with Gasteiger partial charge in [-0.1, -0.05) is 166 Å². The average molecular weight is 617 g/mol. The van der Waals surface area contributed by atoms with Crippen LogP contribution in [0.15, 0.2) is 36.5 Å². The van der Waals surface area contributed by atoms with Gasteiger partial charge in [-0.2, -0.15) is 0 Å². The molecule has 0 aliphatic rings. The quantitative estimate of drug-likeness (QED) is 0.0444. The maximum atomic E-state index is 12.4. The van der Waals surface area contributed by atoms with E-state index in [9.17, 15) is 9.59 Å². The number of carbonyl (C=O) groups is 2. The summed E-state index contributed by atoms with van der Waals surface area (Å²) in [5, 5.41) is 9.11. The van der Waals surface area contributed by atoms with Crippen molar-refractivity contribution in [2.45, 2.75) is 206 Å². The Bertz CT molecular complexity index is 708. The summed E-state index contributed by atoms with van der Waals surface area (Å²) in [6, 6.07) is 0. The van der Waals surface area contributed by atoms with Crippen LogP contribution in [-0.2, 0) is 14.3 Å². The molecule has 0 heterocycles. The zero-order valence-corrected chi connectivity index (χ0v) is 29.2. The first-order valence-corrected chi connectivity index (χ1v) is 19.0. The van der Waals surface area contributed by atoms with Gasteiger partial charge in [-0.3, -0.25) is 9.59 Å². The van der Waals surface area contributed by atoms with E-state index in [2.05, 4.69) is 50.3 Å². The van der Waals surface area contributed by atoms with Gasteiger partial charge in [-0.05, 0) is 57.8 Å². The lowest BCUT2D eigenvalue weighted by molar-refractivity contribution is -0.151. The maximum Gasteiger partial charge on any atom is 0.306 e. The monoisotopic (exact) mass is 617 g/mol. The number of rotatable bonds is 34. The summed E-state index contributed by atoms with van der Waals surface area (Å²) in [5.74, 6) is -0.970. The summed E-state index contributed by atoms with van der Waals surface area (Å²) >= 11 is 0. The lowest BCUT2D eigenvalue weighted by Gasteiger charge is -2.17. The Kier molecular flexibility index (Phi) is 34.1. The number of hydrogen-bond donors (Lipinski definition) is 1. The highest BCUT2D eigenvalue weighted by molar-refractivity contribution is 5.69. The highest BCUT2D eigenvalue weighted by Crippen LogP contribution is 2.18. The number of unbranched alkanes of at least 4 members (excludes halogenated alkanes) is 20. The van der Waals surface area contributed by atoms with Gasteiger partial charge in [0.25, 0.3) is 0 Å². The molecule has 0 radical (unpaired) electrons. The molecule has 1 N–H and O–H groups in total. The number of carbonyl (C=O) groups excluding carboxylic acids is 1. The van der Waals surface area contributed by atoms with Crippen LogP contribution in [-0.4, -0.2) is 23.1 Å². The molecule has 0 amide bonds. The van der Waals surface area contributed by atoms with Crippen LogP contribution < -0.4 is 0 Å². The SMILES string of the molecule is CC/C=C\C/C=C\C/C=C\CCCCCCCC(=O)OC(CCCCCCCCCCCCCCCCCC)CCC(=O)O. The van der Waals surface area contributed by atoms with Crippen molar-refractivity contribution in [1.82, 2.24) is 0 Å². The second-order valence-electron chi connectivity index (χ2n) is 12.7. The molecule has 1 unspecified atom stereocenters. The summed E-state index contributed by atoms with van der Waals surface area (Å²) in [7, 11) is 0. The molecule has 0 aromatic carbocycles. The van der Waals surface area contributed by atoms with Crippen LogP contribution in [0.2, 0.25) is 0 Å². The minimum Gasteiger partial charge on any atom is -0.481 e. The standard InChI is InChI=1S/C40H72O4/c1-3-5-7-9-11-13-15-17-19-21-22-24-26-28-30-32-34-38(36-37-39(41)42)44-40(43)35-33-31-29-27-25-23-20-18-16-14-12-10-8-6-4-2/h6,8,12,14,18,20,38H,3-5,7,9-11,13,15-17,19,21-37H2,1-2H3,(H,41,42)/b8-6-,14-12-,20-18-. The summed E-state index contributed by atoms with van der Waals surface area (Å²) in [5.41, 5.74) is 0. The van der Waals surface area contributed by atoms with E-state index in [-0.39, 0.29) is 18.5 Å². The van der Waals surface area contributed by atoms with Gasteiger partial charge in [0.2, 0.25) is 0 Å². The highest BCUT2D eigenvalue weighted by atomic mass is 16.5. The van der Waals surface area contributed by atoms with Gasteiger partial charge in [-0.15, -0.1) is 0 Å². The number of allylic oxidation sites excluding steroid dienone is 6. The Hall–Kier alpha value is -1.84. The third-order valence-corrected chi connectivity index (χ3v) is 8.39. The summed E-state index contributed by atoms with van der Waals surface area (Å²) in [6.07, 6.45) is 45.9. The van der Waals surface area contributed by atoms with Crippen molar-refractivity contribution < 1.29 is 19.4 Å². The number of esters is 1. The fraction of sp³-hybridized carbons (Fsp3) is 0.800. The minimum atomic E-state index is -0.816. The summed E-state index contributed by atoms with van der Waals surface area (Å²) < 4.78 is 5.72. The first-order valence-electron chi connectivity index (χ1n) is 19.0. The zero-order valence-electron chi connectivity index (χ0n) is 29.2. The van der Waals surface area contributed by atoms with Gasteiger partial charge in [0, 0.05) is 12.8 Å². The lowest BCUT2D eigenvalue weighted by atomic mass is 10.0. The van der Waals surface area contributed by atoms with E-state index in [4.69, 9.17) is 9.84 Å². The fourth-order valence-electron chi connectivity index (χ4n) is 5.60. The molecule has 0 fully saturated rings. The third kappa shape index (κ3) is 34.6. The Labute approximate surface area is 273 Å². The predicted molar refractivity (Wildman–Crippen MR) is 190 cm³/mol. The predicted octanol–water partition coefficient (Wildman–Crippen LogP) is 13.0. The topological polar surface area (TPSA) is 63.6 Å². The van der Waals surface area contributed by atoms with E-state index < -0.39 is 5.97 Å².